The number of nitrogens with one attached hydrogen (secondary N) is 2. The van der Waals surface area contributed by atoms with Gasteiger partial charge in [-0.1, -0.05) is 48.0 Å². The fraction of sp³-hybridized carbons (Fsp3) is 0.158. The lowest BCUT2D eigenvalue weighted by molar-refractivity contribution is 0.804. The highest BCUT2D eigenvalue weighted by atomic mass is 35.5. The van der Waals surface area contributed by atoms with Gasteiger partial charge in [0.25, 0.3) is 0 Å². The first-order valence-electron chi connectivity index (χ1n) is 8.02. The number of aliphatic imine (C=N–C) groups is 1. The molecule has 1 heterocycles. The molecule has 3 aromatic rings. The number of rotatable bonds is 5. The van der Waals surface area contributed by atoms with Gasteiger partial charge in [-0.15, -0.1) is 0 Å². The number of imidazole rings is 1. The van der Waals surface area contributed by atoms with Crippen LogP contribution >= 0.6 is 11.6 Å². The Kier molecular flexibility index (Phi) is 5.69. The molecule has 3 rings (SSSR count). The first-order valence-corrected chi connectivity index (χ1v) is 8.40. The summed E-state index contributed by atoms with van der Waals surface area (Å²) in [6.07, 6.45) is 5.50. The van der Waals surface area contributed by atoms with Crippen LogP contribution in [-0.4, -0.2) is 22.6 Å². The number of benzene rings is 2. The van der Waals surface area contributed by atoms with Crippen molar-refractivity contribution < 1.29 is 0 Å². The van der Waals surface area contributed by atoms with Crippen LogP contribution in [0.1, 0.15) is 11.1 Å². The summed E-state index contributed by atoms with van der Waals surface area (Å²) in [5, 5.41) is 7.37. The minimum atomic E-state index is 0.614. The molecule has 0 bridgehead atoms. The second kappa shape index (κ2) is 8.35. The molecule has 2 N–H and O–H groups in total. The second-order valence-electron chi connectivity index (χ2n) is 5.47. The molecule has 0 unspecified atom stereocenters. The zero-order valence-electron chi connectivity index (χ0n) is 14.0. The van der Waals surface area contributed by atoms with E-state index in [1.165, 1.54) is 0 Å². The van der Waals surface area contributed by atoms with Crippen LogP contribution in [0.2, 0.25) is 5.02 Å². The molecular formula is C19H20ClN5. The van der Waals surface area contributed by atoms with Crippen molar-refractivity contribution in [2.24, 2.45) is 4.99 Å². The second-order valence-corrected chi connectivity index (χ2v) is 5.88. The molecule has 6 heteroatoms. The van der Waals surface area contributed by atoms with Crippen LogP contribution in [0, 0.1) is 0 Å². The van der Waals surface area contributed by atoms with Crippen molar-refractivity contribution in [3.05, 3.63) is 83.4 Å². The van der Waals surface area contributed by atoms with Gasteiger partial charge in [-0.05, 0) is 23.3 Å². The standard InChI is InChI=1S/C19H20ClN5/c1-21-19(23-12-15-6-2-4-8-17(15)20)24-13-16-7-3-5-9-18(16)25-11-10-22-14-25/h2-11,14H,12-13H2,1H3,(H2,21,23,24). The quantitative estimate of drug-likeness (QED) is 0.546. The Morgan fingerprint density at radius 2 is 1.72 bits per heavy atom. The highest BCUT2D eigenvalue weighted by molar-refractivity contribution is 6.31. The first-order chi connectivity index (χ1) is 12.3. The van der Waals surface area contributed by atoms with E-state index in [0.29, 0.717) is 13.1 Å². The van der Waals surface area contributed by atoms with Gasteiger partial charge in [0, 0.05) is 37.6 Å². The van der Waals surface area contributed by atoms with E-state index in [1.807, 2.05) is 47.2 Å². The number of hydrogen-bond donors (Lipinski definition) is 2. The summed E-state index contributed by atoms with van der Waals surface area (Å²) in [4.78, 5) is 8.39. The third-order valence-corrected chi connectivity index (χ3v) is 4.22. The van der Waals surface area contributed by atoms with Crippen LogP contribution in [0.4, 0.5) is 0 Å². The van der Waals surface area contributed by atoms with Gasteiger partial charge in [0.1, 0.15) is 0 Å². The molecule has 0 spiro atoms. The summed E-state index contributed by atoms with van der Waals surface area (Å²) in [7, 11) is 1.75. The third kappa shape index (κ3) is 4.39. The molecule has 0 aliphatic heterocycles. The highest BCUT2D eigenvalue weighted by Gasteiger charge is 2.06. The Balaban J connectivity index is 1.64. The van der Waals surface area contributed by atoms with Crippen LogP contribution in [0.25, 0.3) is 5.69 Å². The zero-order valence-corrected chi connectivity index (χ0v) is 14.7. The lowest BCUT2D eigenvalue weighted by atomic mass is 10.1. The van der Waals surface area contributed by atoms with Gasteiger partial charge >= 0.3 is 0 Å². The maximum absolute atomic E-state index is 6.19. The number of aromatic nitrogens is 2. The largest absolute Gasteiger partial charge is 0.352 e. The fourth-order valence-corrected chi connectivity index (χ4v) is 2.74. The highest BCUT2D eigenvalue weighted by Crippen LogP contribution is 2.15. The molecule has 0 aliphatic carbocycles. The van der Waals surface area contributed by atoms with Gasteiger partial charge in [-0.25, -0.2) is 4.98 Å². The molecule has 0 aliphatic rings. The molecule has 1 aromatic heterocycles. The summed E-state index contributed by atoms with van der Waals surface area (Å²) >= 11 is 6.19. The molecule has 0 saturated heterocycles. The van der Waals surface area contributed by atoms with Crippen molar-refractivity contribution in [1.29, 1.82) is 0 Å². The molecule has 5 nitrogen and oxygen atoms in total. The predicted octanol–water partition coefficient (Wildman–Crippen LogP) is 3.39. The van der Waals surface area contributed by atoms with Crippen molar-refractivity contribution in [1.82, 2.24) is 20.2 Å². The number of nitrogens with zero attached hydrogens (tertiary/aromatic N) is 3. The molecule has 0 amide bonds. The Morgan fingerprint density at radius 1 is 1.04 bits per heavy atom. The average molecular weight is 354 g/mol. The Hall–Kier alpha value is -2.79. The van der Waals surface area contributed by atoms with E-state index in [0.717, 1.165) is 27.8 Å². The molecule has 0 atom stereocenters. The Labute approximate surface area is 152 Å². The number of guanidine groups is 1. The van der Waals surface area contributed by atoms with E-state index in [-0.39, 0.29) is 0 Å². The van der Waals surface area contributed by atoms with Crippen LogP contribution in [0.15, 0.2) is 72.2 Å². The van der Waals surface area contributed by atoms with Crippen molar-refractivity contribution >= 4 is 17.6 Å². The van der Waals surface area contributed by atoms with E-state index in [1.54, 1.807) is 19.6 Å². The molecule has 0 fully saturated rings. The summed E-state index contributed by atoms with van der Waals surface area (Å²) in [5.74, 6) is 0.723. The number of para-hydroxylation sites is 1. The normalized spacial score (nSPS) is 11.4. The minimum Gasteiger partial charge on any atom is -0.352 e. The van der Waals surface area contributed by atoms with Crippen molar-refractivity contribution in [3.8, 4) is 5.69 Å². The fourth-order valence-electron chi connectivity index (χ4n) is 2.53. The van der Waals surface area contributed by atoms with Crippen LogP contribution in [0.3, 0.4) is 0 Å². The van der Waals surface area contributed by atoms with Gasteiger partial charge < -0.3 is 15.2 Å². The molecule has 0 radical (unpaired) electrons. The van der Waals surface area contributed by atoms with Crippen molar-refractivity contribution in [3.63, 3.8) is 0 Å². The zero-order chi connectivity index (χ0) is 17.5. The third-order valence-electron chi connectivity index (χ3n) is 3.85. The van der Waals surface area contributed by atoms with Gasteiger partial charge in [-0.2, -0.15) is 0 Å². The van der Waals surface area contributed by atoms with Crippen molar-refractivity contribution in [2.45, 2.75) is 13.1 Å². The molecule has 128 valence electrons. The Bertz CT molecular complexity index is 843. The van der Waals surface area contributed by atoms with Gasteiger partial charge in [0.15, 0.2) is 5.96 Å². The SMILES string of the molecule is CN=C(NCc1ccccc1Cl)NCc1ccccc1-n1ccnc1. The maximum Gasteiger partial charge on any atom is 0.191 e. The van der Waals surface area contributed by atoms with Crippen LogP contribution in [-0.2, 0) is 13.1 Å². The summed E-state index contributed by atoms with van der Waals surface area (Å²) in [6, 6.07) is 16.0. The monoisotopic (exact) mass is 353 g/mol. The maximum atomic E-state index is 6.19. The molecule has 2 aromatic carbocycles. The summed E-state index contributed by atoms with van der Waals surface area (Å²) < 4.78 is 2.00. The number of halogens is 1. The molecular weight excluding hydrogens is 334 g/mol. The van der Waals surface area contributed by atoms with Crippen molar-refractivity contribution in [2.75, 3.05) is 7.05 Å². The van der Waals surface area contributed by atoms with E-state index >= 15 is 0 Å². The summed E-state index contributed by atoms with van der Waals surface area (Å²) in [5.41, 5.74) is 3.28. The van der Waals surface area contributed by atoms with Crippen LogP contribution < -0.4 is 10.6 Å². The van der Waals surface area contributed by atoms with Crippen LogP contribution in [0.5, 0.6) is 0 Å². The first kappa shape index (κ1) is 17.0. The number of hydrogen-bond acceptors (Lipinski definition) is 2. The lowest BCUT2D eigenvalue weighted by Crippen LogP contribution is -2.36. The van der Waals surface area contributed by atoms with E-state index < -0.39 is 0 Å². The minimum absolute atomic E-state index is 0.614. The predicted molar refractivity (Wildman–Crippen MR) is 102 cm³/mol. The van der Waals surface area contributed by atoms with Gasteiger partial charge in [0.2, 0.25) is 0 Å². The van der Waals surface area contributed by atoms with E-state index in [2.05, 4.69) is 32.7 Å². The topological polar surface area (TPSA) is 54.2 Å². The smallest absolute Gasteiger partial charge is 0.191 e. The Morgan fingerprint density at radius 3 is 2.40 bits per heavy atom. The molecule has 0 saturated carbocycles. The van der Waals surface area contributed by atoms with Gasteiger partial charge in [0.05, 0.1) is 12.0 Å². The van der Waals surface area contributed by atoms with Gasteiger partial charge in [-0.3, -0.25) is 4.99 Å². The van der Waals surface area contributed by atoms with E-state index in [4.69, 9.17) is 11.6 Å². The average Bonchev–Trinajstić information content (AvgIpc) is 3.18. The molecule has 25 heavy (non-hydrogen) atoms. The summed E-state index contributed by atoms with van der Waals surface area (Å²) in [6.45, 7) is 1.26. The lowest BCUT2D eigenvalue weighted by Gasteiger charge is -2.15. The van der Waals surface area contributed by atoms with E-state index in [9.17, 15) is 0 Å².